The lowest BCUT2D eigenvalue weighted by molar-refractivity contribution is -0.259. The third kappa shape index (κ3) is 3.46. The molecule has 5 atom stereocenters. The van der Waals surface area contributed by atoms with E-state index in [4.69, 9.17) is 23.4 Å². The van der Waals surface area contributed by atoms with Gasteiger partial charge in [0.05, 0.1) is 38.4 Å². The van der Waals surface area contributed by atoms with E-state index >= 15 is 0 Å². The van der Waals surface area contributed by atoms with Gasteiger partial charge < -0.3 is 28.3 Å². The molecule has 0 radical (unpaired) electrons. The van der Waals surface area contributed by atoms with Crippen LogP contribution in [0.1, 0.15) is 51.9 Å². The van der Waals surface area contributed by atoms with Gasteiger partial charge in [-0.1, -0.05) is 6.42 Å². The van der Waals surface area contributed by atoms with E-state index in [0.717, 1.165) is 19.3 Å². The number of ketones is 1. The van der Waals surface area contributed by atoms with Gasteiger partial charge in [-0.05, 0) is 58.2 Å². The summed E-state index contributed by atoms with van der Waals surface area (Å²) >= 11 is 0. The van der Waals surface area contributed by atoms with Crippen LogP contribution in [0.3, 0.4) is 0 Å². The summed E-state index contributed by atoms with van der Waals surface area (Å²) in [5.41, 5.74) is -2.62. The first-order chi connectivity index (χ1) is 17.0. The lowest BCUT2D eigenvalue weighted by Crippen LogP contribution is -2.78. The number of esters is 1. The standard InChI is InChI=1S/C26H41NO8Si/c1-6-32-21(29)24-11-7-10-23(16-27(17-24)22(30)31-2)18-8-12-25(33-14-15-34-25)20(18)19(28)9-13-26(23,24)35-36(3,4)5/h18,20H,6-17H2,1-5H3/t18-,20-,23-,24+,26-/m1/s1. The van der Waals surface area contributed by atoms with Crippen LogP contribution in [0.2, 0.25) is 19.6 Å². The number of likely N-dealkylation sites (tertiary alicyclic amines) is 1. The van der Waals surface area contributed by atoms with Crippen molar-refractivity contribution in [2.24, 2.45) is 22.7 Å². The molecule has 5 aliphatic rings. The molecule has 1 amide bonds. The number of piperidine rings is 1. The lowest BCUT2D eigenvalue weighted by Gasteiger charge is -2.69. The fourth-order valence-corrected chi connectivity index (χ4v) is 10.3. The van der Waals surface area contributed by atoms with Gasteiger partial charge >= 0.3 is 12.1 Å². The quantitative estimate of drug-likeness (QED) is 0.408. The Labute approximate surface area is 214 Å². The maximum absolute atomic E-state index is 14.1. The Morgan fingerprint density at radius 2 is 1.81 bits per heavy atom. The zero-order chi connectivity index (χ0) is 26.0. The predicted molar refractivity (Wildman–Crippen MR) is 132 cm³/mol. The van der Waals surface area contributed by atoms with Crippen LogP contribution in [-0.4, -0.2) is 82.5 Å². The molecule has 2 heterocycles. The van der Waals surface area contributed by atoms with Crippen molar-refractivity contribution in [1.29, 1.82) is 0 Å². The van der Waals surface area contributed by atoms with Crippen LogP contribution in [-0.2, 0) is 33.0 Å². The van der Waals surface area contributed by atoms with E-state index in [-0.39, 0.29) is 30.8 Å². The average Bonchev–Trinajstić information content (AvgIpc) is 3.41. The van der Waals surface area contributed by atoms with Crippen molar-refractivity contribution in [3.63, 3.8) is 0 Å². The number of methoxy groups -OCH3 is 1. The summed E-state index contributed by atoms with van der Waals surface area (Å²) in [6.45, 7) is 9.97. The van der Waals surface area contributed by atoms with Gasteiger partial charge in [-0.2, -0.15) is 0 Å². The zero-order valence-corrected chi connectivity index (χ0v) is 23.4. The summed E-state index contributed by atoms with van der Waals surface area (Å²) in [7, 11) is -0.879. The molecule has 0 aromatic carbocycles. The third-order valence-corrected chi connectivity index (χ3v) is 10.5. The molecule has 202 valence electrons. The smallest absolute Gasteiger partial charge is 0.409 e. The van der Waals surface area contributed by atoms with Crippen LogP contribution in [0.5, 0.6) is 0 Å². The van der Waals surface area contributed by atoms with E-state index in [2.05, 4.69) is 19.6 Å². The number of carbonyl (C=O) groups excluding carboxylic acids is 3. The number of carbonyl (C=O) groups is 3. The second-order valence-corrected chi connectivity index (χ2v) is 16.7. The van der Waals surface area contributed by atoms with Crippen molar-refractivity contribution >= 4 is 26.2 Å². The Hall–Kier alpha value is -1.49. The molecule has 3 aliphatic carbocycles. The Morgan fingerprint density at radius 1 is 1.08 bits per heavy atom. The first kappa shape index (κ1) is 26.1. The molecular formula is C26H41NO8Si. The van der Waals surface area contributed by atoms with Crippen molar-refractivity contribution < 1.29 is 37.8 Å². The summed E-state index contributed by atoms with van der Waals surface area (Å²) in [6.07, 6.45) is 3.74. The number of amides is 1. The van der Waals surface area contributed by atoms with Crippen molar-refractivity contribution in [3.05, 3.63) is 0 Å². The first-order valence-electron chi connectivity index (χ1n) is 13.5. The number of Topliss-reactive ketones (excluding diaryl/α,β-unsaturated/α-hetero) is 1. The zero-order valence-electron chi connectivity index (χ0n) is 22.4. The highest BCUT2D eigenvalue weighted by molar-refractivity contribution is 6.69. The number of nitrogens with zero attached hydrogens (tertiary/aromatic N) is 1. The lowest BCUT2D eigenvalue weighted by atomic mass is 9.44. The van der Waals surface area contributed by atoms with Crippen LogP contribution in [0.25, 0.3) is 0 Å². The highest BCUT2D eigenvalue weighted by Gasteiger charge is 2.78. The maximum Gasteiger partial charge on any atom is 0.409 e. The Balaban J connectivity index is 1.76. The molecule has 0 aromatic rings. The summed E-state index contributed by atoms with van der Waals surface area (Å²) < 4.78 is 30.6. The molecule has 9 nitrogen and oxygen atoms in total. The predicted octanol–water partition coefficient (Wildman–Crippen LogP) is 3.51. The van der Waals surface area contributed by atoms with Gasteiger partial charge in [0, 0.05) is 31.3 Å². The molecule has 2 saturated heterocycles. The van der Waals surface area contributed by atoms with Crippen molar-refractivity contribution in [2.45, 2.75) is 82.9 Å². The second kappa shape index (κ2) is 8.78. The molecule has 0 unspecified atom stereocenters. The first-order valence-corrected chi connectivity index (χ1v) is 16.9. The number of rotatable bonds is 4. The fraction of sp³-hybridized carbons (Fsp3) is 0.885. The normalized spacial score (nSPS) is 39.4. The fourth-order valence-electron chi connectivity index (χ4n) is 8.74. The molecule has 36 heavy (non-hydrogen) atoms. The van der Waals surface area contributed by atoms with Gasteiger partial charge in [-0.3, -0.25) is 9.59 Å². The second-order valence-electron chi connectivity index (χ2n) is 12.3. The van der Waals surface area contributed by atoms with Crippen LogP contribution in [0.4, 0.5) is 4.79 Å². The van der Waals surface area contributed by atoms with Gasteiger partial charge in [-0.25, -0.2) is 4.79 Å². The van der Waals surface area contributed by atoms with Crippen LogP contribution in [0, 0.1) is 22.7 Å². The molecule has 5 fully saturated rings. The van der Waals surface area contributed by atoms with Gasteiger partial charge in [0.15, 0.2) is 14.1 Å². The molecule has 0 aromatic heterocycles. The van der Waals surface area contributed by atoms with Crippen molar-refractivity contribution in [2.75, 3.05) is 40.0 Å². The van der Waals surface area contributed by atoms with Crippen LogP contribution >= 0.6 is 0 Å². The van der Waals surface area contributed by atoms with E-state index in [0.29, 0.717) is 45.4 Å². The van der Waals surface area contributed by atoms with Gasteiger partial charge in [0.25, 0.3) is 0 Å². The van der Waals surface area contributed by atoms with Crippen molar-refractivity contribution in [3.8, 4) is 0 Å². The Bertz CT molecular complexity index is 929. The minimum Gasteiger partial charge on any atom is -0.465 e. The summed E-state index contributed by atoms with van der Waals surface area (Å²) in [4.78, 5) is 42.8. The topological polar surface area (TPSA) is 101 Å². The van der Waals surface area contributed by atoms with Gasteiger partial charge in [0.2, 0.25) is 0 Å². The molecule has 2 aliphatic heterocycles. The molecule has 0 N–H and O–H groups in total. The largest absolute Gasteiger partial charge is 0.465 e. The summed E-state index contributed by atoms with van der Waals surface area (Å²) in [5, 5.41) is 0. The number of ether oxygens (including phenoxy) is 4. The van der Waals surface area contributed by atoms with E-state index in [1.807, 2.05) is 0 Å². The summed E-state index contributed by atoms with van der Waals surface area (Å²) in [6, 6.07) is 0. The van der Waals surface area contributed by atoms with E-state index in [9.17, 15) is 14.4 Å². The molecule has 3 saturated carbocycles. The number of hydrogen-bond donors (Lipinski definition) is 0. The van der Waals surface area contributed by atoms with Crippen LogP contribution in [0.15, 0.2) is 0 Å². The summed E-state index contributed by atoms with van der Waals surface area (Å²) in [5.74, 6) is -1.70. The Kier molecular flexibility index (Phi) is 6.37. The molecule has 1 spiro atoms. The number of hydrogen-bond acceptors (Lipinski definition) is 8. The van der Waals surface area contributed by atoms with Gasteiger partial charge in [0.1, 0.15) is 11.2 Å². The third-order valence-electron chi connectivity index (χ3n) is 9.55. The highest BCUT2D eigenvalue weighted by atomic mass is 28.4. The monoisotopic (exact) mass is 523 g/mol. The van der Waals surface area contributed by atoms with Crippen molar-refractivity contribution in [1.82, 2.24) is 4.90 Å². The Morgan fingerprint density at radius 3 is 2.44 bits per heavy atom. The van der Waals surface area contributed by atoms with E-state index in [1.165, 1.54) is 7.11 Å². The van der Waals surface area contributed by atoms with Crippen LogP contribution < -0.4 is 0 Å². The average molecular weight is 524 g/mol. The molecule has 2 bridgehead atoms. The minimum absolute atomic E-state index is 0.121. The highest BCUT2D eigenvalue weighted by Crippen LogP contribution is 2.71. The van der Waals surface area contributed by atoms with Gasteiger partial charge in [-0.15, -0.1) is 0 Å². The van der Waals surface area contributed by atoms with E-state index < -0.39 is 42.5 Å². The SMILES string of the molecule is CCOC(=O)[C@]12CCC[C@@]3(CN(C(=O)OC)C1)[C@@H]1CCC4(OCCO4)[C@H]1C(=O)CC[C@]23O[Si](C)(C)C. The van der Waals surface area contributed by atoms with E-state index in [1.54, 1.807) is 11.8 Å². The molecule has 5 rings (SSSR count). The molecule has 10 heteroatoms. The maximum atomic E-state index is 14.1. The number of fused-ring (bicyclic) bond motifs is 2. The minimum atomic E-state index is -2.25. The molecular weight excluding hydrogens is 482 g/mol.